The van der Waals surface area contributed by atoms with Crippen molar-refractivity contribution in [3.8, 4) is 0 Å². The van der Waals surface area contributed by atoms with Crippen molar-refractivity contribution < 1.29 is 12.6 Å². The van der Waals surface area contributed by atoms with Crippen molar-refractivity contribution >= 4 is 20.8 Å². The van der Waals surface area contributed by atoms with E-state index in [1.807, 2.05) is 20.8 Å². The second-order valence-electron chi connectivity index (χ2n) is 4.41. The first kappa shape index (κ1) is 11.1. The van der Waals surface area contributed by atoms with Crippen molar-refractivity contribution in [2.24, 2.45) is 5.41 Å². The molecule has 2 atom stereocenters. The van der Waals surface area contributed by atoms with Crippen molar-refractivity contribution in [1.82, 2.24) is 4.72 Å². The zero-order valence-corrected chi connectivity index (χ0v) is 9.67. The molecule has 0 aromatic rings. The molecule has 1 fully saturated rings. The molecule has 4 nitrogen and oxygen atoms in total. The van der Waals surface area contributed by atoms with Crippen LogP contribution in [0.5, 0.6) is 0 Å². The fourth-order valence-corrected chi connectivity index (χ4v) is 5.03. The summed E-state index contributed by atoms with van der Waals surface area (Å²) in [6.45, 7) is 5.80. The van der Waals surface area contributed by atoms with E-state index >= 15 is 0 Å². The standard InChI is InChI=1S/C7H15NO3S2/c1-7(2,3)6-4-13(10,11)5-12(9)8-6/h6,8H,4-5H2,1-3H3. The summed E-state index contributed by atoms with van der Waals surface area (Å²) in [6, 6.07) is -0.216. The summed E-state index contributed by atoms with van der Waals surface area (Å²) >= 11 is 0. The summed E-state index contributed by atoms with van der Waals surface area (Å²) in [7, 11) is -4.55. The molecule has 1 rings (SSSR count). The summed E-state index contributed by atoms with van der Waals surface area (Å²) in [5.74, 6) is 0.0856. The van der Waals surface area contributed by atoms with Crippen LogP contribution in [0.1, 0.15) is 20.8 Å². The Morgan fingerprint density at radius 3 is 2.31 bits per heavy atom. The van der Waals surface area contributed by atoms with Crippen LogP contribution in [0, 0.1) is 5.41 Å². The lowest BCUT2D eigenvalue weighted by Gasteiger charge is -2.33. The van der Waals surface area contributed by atoms with Gasteiger partial charge in [0.15, 0.2) is 9.84 Å². The van der Waals surface area contributed by atoms with E-state index in [1.165, 1.54) is 0 Å². The van der Waals surface area contributed by atoms with Crippen LogP contribution in [-0.2, 0) is 20.8 Å². The molecule has 0 radical (unpaired) electrons. The molecule has 2 unspecified atom stereocenters. The number of nitrogens with one attached hydrogen (secondary N) is 1. The molecule has 0 aliphatic carbocycles. The summed E-state index contributed by atoms with van der Waals surface area (Å²) in [6.07, 6.45) is 0. The summed E-state index contributed by atoms with van der Waals surface area (Å²) in [4.78, 5) is 0. The molecule has 1 aliphatic rings. The first-order chi connectivity index (χ1) is 5.71. The maximum absolute atomic E-state index is 11.3. The van der Waals surface area contributed by atoms with Crippen LogP contribution >= 0.6 is 0 Å². The average Bonchev–Trinajstić information content (AvgIpc) is 1.79. The monoisotopic (exact) mass is 225 g/mol. The minimum absolute atomic E-state index is 0.0856. The second-order valence-corrected chi connectivity index (χ2v) is 8.10. The molecule has 0 bridgehead atoms. The Morgan fingerprint density at radius 1 is 1.38 bits per heavy atom. The topological polar surface area (TPSA) is 63.2 Å². The Kier molecular flexibility index (Phi) is 2.85. The molecule has 0 amide bonds. The summed E-state index contributed by atoms with van der Waals surface area (Å²) in [5, 5.41) is -0.250. The normalized spacial score (nSPS) is 34.4. The van der Waals surface area contributed by atoms with Gasteiger partial charge in [0.2, 0.25) is 0 Å². The van der Waals surface area contributed by atoms with E-state index in [2.05, 4.69) is 4.72 Å². The van der Waals surface area contributed by atoms with Gasteiger partial charge >= 0.3 is 0 Å². The van der Waals surface area contributed by atoms with Crippen LogP contribution in [0.3, 0.4) is 0 Å². The lowest BCUT2D eigenvalue weighted by molar-refractivity contribution is 0.320. The Balaban J connectivity index is 2.87. The van der Waals surface area contributed by atoms with Crippen LogP contribution in [0.4, 0.5) is 0 Å². The minimum Gasteiger partial charge on any atom is -0.242 e. The Bertz CT molecular complexity index is 315. The smallest absolute Gasteiger partial charge is 0.165 e. The van der Waals surface area contributed by atoms with Gasteiger partial charge in [-0.3, -0.25) is 0 Å². The first-order valence-electron chi connectivity index (χ1n) is 4.06. The van der Waals surface area contributed by atoms with E-state index < -0.39 is 20.8 Å². The quantitative estimate of drug-likeness (QED) is 0.633. The number of sulfone groups is 1. The predicted molar refractivity (Wildman–Crippen MR) is 53.2 cm³/mol. The van der Waals surface area contributed by atoms with Crippen LogP contribution < -0.4 is 4.72 Å². The van der Waals surface area contributed by atoms with E-state index in [0.717, 1.165) is 0 Å². The molecule has 13 heavy (non-hydrogen) atoms. The van der Waals surface area contributed by atoms with Crippen molar-refractivity contribution in [2.45, 2.75) is 26.8 Å². The lowest BCUT2D eigenvalue weighted by atomic mass is 9.89. The largest absolute Gasteiger partial charge is 0.242 e. The van der Waals surface area contributed by atoms with Crippen LogP contribution in [0.2, 0.25) is 0 Å². The minimum atomic E-state index is -3.13. The molecule has 0 aromatic heterocycles. The lowest BCUT2D eigenvalue weighted by Crippen LogP contribution is -2.51. The van der Waals surface area contributed by atoms with Crippen molar-refractivity contribution in [2.75, 3.05) is 10.8 Å². The number of hydrogen-bond donors (Lipinski definition) is 1. The number of hydrogen-bond acceptors (Lipinski definition) is 3. The van der Waals surface area contributed by atoms with E-state index in [9.17, 15) is 12.6 Å². The van der Waals surface area contributed by atoms with Gasteiger partial charge in [0, 0.05) is 6.04 Å². The summed E-state index contributed by atoms with van der Waals surface area (Å²) in [5.41, 5.74) is -0.177. The average molecular weight is 225 g/mol. The molecular formula is C7H15NO3S2. The summed E-state index contributed by atoms with van der Waals surface area (Å²) < 4.78 is 36.5. The second kappa shape index (κ2) is 3.33. The molecule has 0 spiro atoms. The van der Waals surface area contributed by atoms with E-state index in [-0.39, 0.29) is 22.3 Å². The Hall–Kier alpha value is 0.0600. The van der Waals surface area contributed by atoms with E-state index in [0.29, 0.717) is 0 Å². The third-order valence-corrected chi connectivity index (χ3v) is 5.71. The first-order valence-corrected chi connectivity index (χ1v) is 7.20. The SMILES string of the molecule is CC(C)(C)C1CS(=O)(=O)CS(=O)N1. The highest BCUT2D eigenvalue weighted by molar-refractivity contribution is 8.05. The van der Waals surface area contributed by atoms with Gasteiger partial charge in [0.25, 0.3) is 0 Å². The predicted octanol–water partition coefficient (Wildman–Crippen LogP) is 0.0403. The highest BCUT2D eigenvalue weighted by atomic mass is 32.3. The van der Waals surface area contributed by atoms with Crippen LogP contribution in [-0.4, -0.2) is 29.5 Å². The molecule has 78 valence electrons. The zero-order valence-electron chi connectivity index (χ0n) is 8.03. The third kappa shape index (κ3) is 3.03. The van der Waals surface area contributed by atoms with Gasteiger partial charge in [-0.1, -0.05) is 20.8 Å². The molecule has 6 heteroatoms. The van der Waals surface area contributed by atoms with Crippen molar-refractivity contribution in [1.29, 1.82) is 0 Å². The van der Waals surface area contributed by atoms with Gasteiger partial charge in [-0.25, -0.2) is 17.3 Å². The van der Waals surface area contributed by atoms with Crippen molar-refractivity contribution in [3.63, 3.8) is 0 Å². The van der Waals surface area contributed by atoms with E-state index in [4.69, 9.17) is 0 Å². The van der Waals surface area contributed by atoms with Crippen LogP contribution in [0.15, 0.2) is 0 Å². The molecule has 1 heterocycles. The van der Waals surface area contributed by atoms with Crippen LogP contribution in [0.25, 0.3) is 0 Å². The molecule has 0 aromatic carbocycles. The molecule has 1 saturated heterocycles. The van der Waals surface area contributed by atoms with Gasteiger partial charge in [-0.05, 0) is 5.41 Å². The van der Waals surface area contributed by atoms with Gasteiger partial charge in [-0.2, -0.15) is 0 Å². The van der Waals surface area contributed by atoms with Crippen molar-refractivity contribution in [3.05, 3.63) is 0 Å². The fraction of sp³-hybridized carbons (Fsp3) is 1.00. The maximum Gasteiger partial charge on any atom is 0.165 e. The zero-order chi connectivity index (χ0) is 10.3. The highest BCUT2D eigenvalue weighted by Crippen LogP contribution is 2.23. The molecule has 1 N–H and O–H groups in total. The van der Waals surface area contributed by atoms with Gasteiger partial charge in [0.1, 0.15) is 16.1 Å². The fourth-order valence-electron chi connectivity index (χ4n) is 1.12. The molecular weight excluding hydrogens is 210 g/mol. The maximum atomic E-state index is 11.3. The van der Waals surface area contributed by atoms with E-state index in [1.54, 1.807) is 0 Å². The van der Waals surface area contributed by atoms with Gasteiger partial charge in [0.05, 0.1) is 5.75 Å². The highest BCUT2D eigenvalue weighted by Gasteiger charge is 2.35. The number of rotatable bonds is 0. The molecule has 0 saturated carbocycles. The Morgan fingerprint density at radius 2 is 1.92 bits per heavy atom. The molecule has 1 aliphatic heterocycles. The van der Waals surface area contributed by atoms with Gasteiger partial charge < -0.3 is 0 Å². The van der Waals surface area contributed by atoms with Gasteiger partial charge in [-0.15, -0.1) is 0 Å². The Labute approximate surface area is 81.6 Å². The third-order valence-electron chi connectivity index (χ3n) is 2.03.